The number of pyridine rings is 1. The molecule has 1 saturated heterocycles. The number of benzene rings is 3. The number of nitrogens with two attached hydrogens (primary N) is 1. The third-order valence-corrected chi connectivity index (χ3v) is 7.72. The Morgan fingerprint density at radius 3 is 2.50 bits per heavy atom. The number of hydrogen-bond acceptors (Lipinski definition) is 7. The number of piperidine rings is 1. The molecule has 4 aromatic rings. The van der Waals surface area contributed by atoms with Crippen LogP contribution in [0.2, 0.25) is 10.0 Å². The minimum Gasteiger partial charge on any atom is -0.493 e. The summed E-state index contributed by atoms with van der Waals surface area (Å²) in [6.45, 7) is 3.89. The van der Waals surface area contributed by atoms with Crippen LogP contribution < -0.4 is 25.0 Å². The van der Waals surface area contributed by atoms with Gasteiger partial charge in [0.25, 0.3) is 0 Å². The van der Waals surface area contributed by atoms with Gasteiger partial charge < -0.3 is 24.8 Å². The Morgan fingerprint density at radius 2 is 1.80 bits per heavy atom. The standard InChI is InChI=1S/C32H32Cl2FN5O3S/c1-41-30-18-25-27(19-31(30)42-13-5-12-39-10-3-2-4-11-39)37-9-8-28(25)43-29-7-6-21(14-26(29)35)20-38-40(32(36)44)24-16-22(33)15-23(34)17-24/h6-9,14-20H,2-5,10-13H2,1H3,(H2,36,44). The molecule has 2 heterocycles. The lowest BCUT2D eigenvalue weighted by atomic mass is 10.1. The highest BCUT2D eigenvalue weighted by molar-refractivity contribution is 7.80. The number of nitrogens with zero attached hydrogens (tertiary/aromatic N) is 4. The molecule has 230 valence electrons. The molecule has 0 amide bonds. The van der Waals surface area contributed by atoms with E-state index in [0.717, 1.165) is 26.1 Å². The number of methoxy groups -OCH3 is 1. The zero-order valence-electron chi connectivity index (χ0n) is 24.1. The summed E-state index contributed by atoms with van der Waals surface area (Å²) in [5.41, 5.74) is 7.40. The summed E-state index contributed by atoms with van der Waals surface area (Å²) >= 11 is 17.3. The van der Waals surface area contributed by atoms with Crippen molar-refractivity contribution in [3.05, 3.63) is 82.2 Å². The quantitative estimate of drug-likeness (QED) is 0.0758. The van der Waals surface area contributed by atoms with Crippen LogP contribution in [-0.2, 0) is 0 Å². The summed E-state index contributed by atoms with van der Waals surface area (Å²) in [6.07, 6.45) is 7.79. The fourth-order valence-electron chi connectivity index (χ4n) is 4.98. The van der Waals surface area contributed by atoms with Gasteiger partial charge in [0.2, 0.25) is 0 Å². The van der Waals surface area contributed by atoms with E-state index in [1.807, 2.05) is 6.07 Å². The number of halogens is 3. The summed E-state index contributed by atoms with van der Waals surface area (Å²) in [6, 6.07) is 14.6. The van der Waals surface area contributed by atoms with Crippen LogP contribution in [-0.4, -0.2) is 54.6 Å². The molecule has 1 aromatic heterocycles. The Bertz CT molecular complexity index is 1650. The maximum Gasteiger partial charge on any atom is 0.191 e. The highest BCUT2D eigenvalue weighted by Crippen LogP contribution is 2.37. The minimum absolute atomic E-state index is 0.0273. The number of likely N-dealkylation sites (tertiary alicyclic amines) is 1. The zero-order valence-corrected chi connectivity index (χ0v) is 26.5. The number of anilines is 1. The maximum atomic E-state index is 15.2. The van der Waals surface area contributed by atoms with Gasteiger partial charge in [0.1, 0.15) is 5.75 Å². The normalized spacial score (nSPS) is 13.7. The lowest BCUT2D eigenvalue weighted by Gasteiger charge is -2.26. The Morgan fingerprint density at radius 1 is 1.02 bits per heavy atom. The van der Waals surface area contributed by atoms with Crippen LogP contribution in [0.4, 0.5) is 10.1 Å². The molecule has 12 heteroatoms. The predicted octanol–water partition coefficient (Wildman–Crippen LogP) is 7.82. The van der Waals surface area contributed by atoms with E-state index in [0.29, 0.717) is 56.1 Å². The smallest absolute Gasteiger partial charge is 0.191 e. The molecule has 0 radical (unpaired) electrons. The molecule has 0 aliphatic carbocycles. The summed E-state index contributed by atoms with van der Waals surface area (Å²) in [7, 11) is 1.58. The van der Waals surface area contributed by atoms with Crippen LogP contribution in [0.15, 0.2) is 65.9 Å². The second kappa shape index (κ2) is 14.9. The van der Waals surface area contributed by atoms with E-state index in [2.05, 4.69) is 15.0 Å². The molecule has 1 aliphatic rings. The summed E-state index contributed by atoms with van der Waals surface area (Å²) in [4.78, 5) is 6.95. The Hall–Kier alpha value is -3.70. The summed E-state index contributed by atoms with van der Waals surface area (Å²) in [5.74, 6) is 1.00. The van der Waals surface area contributed by atoms with Crippen molar-refractivity contribution in [3.8, 4) is 23.0 Å². The molecule has 2 N–H and O–H groups in total. The second-order valence-electron chi connectivity index (χ2n) is 10.2. The largest absolute Gasteiger partial charge is 0.493 e. The fourth-order valence-corrected chi connectivity index (χ4v) is 5.65. The van der Waals surface area contributed by atoms with E-state index in [1.54, 1.807) is 49.7 Å². The number of ether oxygens (including phenoxy) is 3. The highest BCUT2D eigenvalue weighted by atomic mass is 35.5. The van der Waals surface area contributed by atoms with Gasteiger partial charge >= 0.3 is 0 Å². The molecule has 3 aromatic carbocycles. The molecular weight excluding hydrogens is 624 g/mol. The molecule has 0 saturated carbocycles. The first kappa shape index (κ1) is 31.7. The molecule has 8 nitrogen and oxygen atoms in total. The summed E-state index contributed by atoms with van der Waals surface area (Å²) < 4.78 is 32.9. The average Bonchev–Trinajstić information content (AvgIpc) is 3.00. The van der Waals surface area contributed by atoms with Gasteiger partial charge in [-0.15, -0.1) is 0 Å². The number of thiocarbonyl (C=S) groups is 1. The van der Waals surface area contributed by atoms with Crippen molar-refractivity contribution in [1.82, 2.24) is 9.88 Å². The first-order valence-electron chi connectivity index (χ1n) is 14.2. The SMILES string of the molecule is COc1cc2c(Oc3ccc(C=NN(C(N)=S)c4cc(Cl)cc(Cl)c4)cc3F)ccnc2cc1OCCCN1CCCCC1. The van der Waals surface area contributed by atoms with Gasteiger partial charge in [-0.3, -0.25) is 4.98 Å². The van der Waals surface area contributed by atoms with Gasteiger partial charge in [0.15, 0.2) is 28.2 Å². The molecule has 0 unspecified atom stereocenters. The van der Waals surface area contributed by atoms with Gasteiger partial charge in [-0.05, 0) is 98.7 Å². The molecule has 44 heavy (non-hydrogen) atoms. The van der Waals surface area contributed by atoms with Crippen LogP contribution >= 0.6 is 35.4 Å². The number of hydrazone groups is 1. The maximum absolute atomic E-state index is 15.2. The average molecular weight is 657 g/mol. The van der Waals surface area contributed by atoms with Crippen LogP contribution in [0.1, 0.15) is 31.2 Å². The molecule has 1 aliphatic heterocycles. The van der Waals surface area contributed by atoms with Crippen LogP contribution in [0.5, 0.6) is 23.0 Å². The lowest BCUT2D eigenvalue weighted by Crippen LogP contribution is -2.31. The van der Waals surface area contributed by atoms with Crippen molar-refractivity contribution >= 4 is 63.3 Å². The highest BCUT2D eigenvalue weighted by Gasteiger charge is 2.15. The molecule has 0 atom stereocenters. The number of fused-ring (bicyclic) bond motifs is 1. The van der Waals surface area contributed by atoms with Crippen molar-refractivity contribution in [3.63, 3.8) is 0 Å². The predicted molar refractivity (Wildman–Crippen MR) is 178 cm³/mol. The molecule has 0 bridgehead atoms. The molecule has 5 rings (SSSR count). The first-order chi connectivity index (χ1) is 21.3. The second-order valence-corrected chi connectivity index (χ2v) is 11.5. The van der Waals surface area contributed by atoms with Gasteiger partial charge in [-0.25, -0.2) is 9.40 Å². The Labute approximate surface area is 271 Å². The van der Waals surface area contributed by atoms with Crippen molar-refractivity contribution in [2.24, 2.45) is 10.8 Å². The van der Waals surface area contributed by atoms with Crippen molar-refractivity contribution in [1.29, 1.82) is 0 Å². The monoisotopic (exact) mass is 655 g/mol. The van der Waals surface area contributed by atoms with Crippen LogP contribution in [0.3, 0.4) is 0 Å². The topological polar surface area (TPSA) is 85.4 Å². The number of aromatic nitrogens is 1. The van der Waals surface area contributed by atoms with E-state index in [-0.39, 0.29) is 10.9 Å². The zero-order chi connectivity index (χ0) is 31.1. The third-order valence-electron chi connectivity index (χ3n) is 7.11. The van der Waals surface area contributed by atoms with E-state index in [9.17, 15) is 0 Å². The van der Waals surface area contributed by atoms with Crippen molar-refractivity contribution in [2.45, 2.75) is 25.7 Å². The van der Waals surface area contributed by atoms with Gasteiger partial charge in [0, 0.05) is 34.2 Å². The van der Waals surface area contributed by atoms with Gasteiger partial charge in [-0.2, -0.15) is 5.10 Å². The van der Waals surface area contributed by atoms with E-state index >= 15 is 4.39 Å². The minimum atomic E-state index is -0.591. The Balaban J connectivity index is 1.29. The molecule has 1 fully saturated rings. The Kier molecular flexibility index (Phi) is 10.7. The van der Waals surface area contributed by atoms with Crippen LogP contribution in [0, 0.1) is 5.82 Å². The third kappa shape index (κ3) is 8.06. The number of rotatable bonds is 11. The van der Waals surface area contributed by atoms with E-state index < -0.39 is 5.82 Å². The van der Waals surface area contributed by atoms with Gasteiger partial charge in [-0.1, -0.05) is 29.6 Å². The van der Waals surface area contributed by atoms with E-state index in [1.165, 1.54) is 42.6 Å². The van der Waals surface area contributed by atoms with Crippen molar-refractivity contribution in [2.75, 3.05) is 38.4 Å². The van der Waals surface area contributed by atoms with Crippen molar-refractivity contribution < 1.29 is 18.6 Å². The fraction of sp³-hybridized carbons (Fsp3) is 0.281. The molecule has 0 spiro atoms. The number of hydrogen-bond donors (Lipinski definition) is 1. The molecular formula is C32H32Cl2FN5O3S. The van der Waals surface area contributed by atoms with Crippen LogP contribution in [0.25, 0.3) is 10.9 Å². The summed E-state index contributed by atoms with van der Waals surface area (Å²) in [5, 5.41) is 6.98. The van der Waals surface area contributed by atoms with Gasteiger partial charge in [0.05, 0.1) is 31.1 Å². The van der Waals surface area contributed by atoms with E-state index in [4.69, 9.17) is 55.4 Å². The first-order valence-corrected chi connectivity index (χ1v) is 15.4. The lowest BCUT2D eigenvalue weighted by molar-refractivity contribution is 0.203.